The molecule has 0 aromatic heterocycles. The molecular weight excluding hydrogens is 204 g/mol. The summed E-state index contributed by atoms with van der Waals surface area (Å²) in [6, 6.07) is 0.178. The summed E-state index contributed by atoms with van der Waals surface area (Å²) in [5.41, 5.74) is 0. The van der Waals surface area contributed by atoms with E-state index in [1.54, 1.807) is 7.11 Å². The molecule has 0 aromatic carbocycles. The number of hydrogen-bond acceptors (Lipinski definition) is 3. The molecule has 1 aliphatic rings. The van der Waals surface area contributed by atoms with Gasteiger partial charge in [0.2, 0.25) is 5.91 Å². The number of carbonyl (C=O) groups excluding carboxylic acids is 1. The molecule has 1 saturated heterocycles. The molecule has 0 aromatic rings. The average Bonchev–Trinajstić information content (AvgIpc) is 2.71. The van der Waals surface area contributed by atoms with Gasteiger partial charge in [0, 0.05) is 20.1 Å². The van der Waals surface area contributed by atoms with Gasteiger partial charge >= 0.3 is 0 Å². The minimum absolute atomic E-state index is 0.178. The molecule has 4 heteroatoms. The van der Waals surface area contributed by atoms with Gasteiger partial charge in [-0.05, 0) is 39.3 Å². The van der Waals surface area contributed by atoms with Gasteiger partial charge in [-0.3, -0.25) is 4.79 Å². The fraction of sp³-hybridized carbons (Fsp3) is 0.917. The van der Waals surface area contributed by atoms with Gasteiger partial charge in [0.05, 0.1) is 12.6 Å². The van der Waals surface area contributed by atoms with Crippen LogP contribution in [-0.2, 0) is 9.53 Å². The van der Waals surface area contributed by atoms with E-state index in [0.29, 0.717) is 18.9 Å². The molecule has 0 bridgehead atoms. The summed E-state index contributed by atoms with van der Waals surface area (Å²) in [6.45, 7) is 7.49. The smallest absolute Gasteiger partial charge is 0.223 e. The number of carbonyl (C=O) groups is 1. The molecule has 1 amide bonds. The maximum atomic E-state index is 12.1. The monoisotopic (exact) mass is 228 g/mol. The predicted molar refractivity (Wildman–Crippen MR) is 64.3 cm³/mol. The van der Waals surface area contributed by atoms with Crippen LogP contribution in [0, 0.1) is 5.92 Å². The van der Waals surface area contributed by atoms with E-state index >= 15 is 0 Å². The van der Waals surface area contributed by atoms with E-state index in [1.807, 2.05) is 18.7 Å². The highest BCUT2D eigenvalue weighted by Gasteiger charge is 2.23. The number of hydrogen-bond donors (Lipinski definition) is 1. The molecule has 1 fully saturated rings. The predicted octanol–water partition coefficient (Wildman–Crippen LogP) is 0.869. The van der Waals surface area contributed by atoms with Crippen molar-refractivity contribution in [3.8, 4) is 0 Å². The fourth-order valence-electron chi connectivity index (χ4n) is 2.32. The number of ether oxygens (including phenoxy) is 1. The molecule has 2 atom stereocenters. The van der Waals surface area contributed by atoms with Crippen molar-refractivity contribution < 1.29 is 9.53 Å². The first-order valence-electron chi connectivity index (χ1n) is 6.18. The molecule has 1 heterocycles. The van der Waals surface area contributed by atoms with Crippen molar-refractivity contribution in [1.82, 2.24) is 10.2 Å². The van der Waals surface area contributed by atoms with E-state index < -0.39 is 0 Å². The summed E-state index contributed by atoms with van der Waals surface area (Å²) >= 11 is 0. The highest BCUT2D eigenvalue weighted by atomic mass is 16.5. The Labute approximate surface area is 98.3 Å². The highest BCUT2D eigenvalue weighted by molar-refractivity contribution is 5.76. The van der Waals surface area contributed by atoms with Crippen molar-refractivity contribution in [3.05, 3.63) is 0 Å². The Bertz CT molecular complexity index is 215. The van der Waals surface area contributed by atoms with Gasteiger partial charge in [-0.1, -0.05) is 0 Å². The average molecular weight is 228 g/mol. The summed E-state index contributed by atoms with van der Waals surface area (Å²) in [5.74, 6) is 0.789. The number of amides is 1. The standard InChI is InChI=1S/C12H24N2O2/c1-4-14(10(2)9-16-3)12(15)7-11-5-6-13-8-11/h10-11,13H,4-9H2,1-3H3. The molecule has 0 radical (unpaired) electrons. The van der Waals surface area contributed by atoms with Crippen molar-refractivity contribution in [1.29, 1.82) is 0 Å². The zero-order valence-corrected chi connectivity index (χ0v) is 10.7. The zero-order chi connectivity index (χ0) is 12.0. The topological polar surface area (TPSA) is 41.6 Å². The Morgan fingerprint density at radius 1 is 1.62 bits per heavy atom. The fourth-order valence-corrected chi connectivity index (χ4v) is 2.32. The van der Waals surface area contributed by atoms with Crippen LogP contribution in [0.3, 0.4) is 0 Å². The van der Waals surface area contributed by atoms with E-state index in [4.69, 9.17) is 4.74 Å². The van der Waals surface area contributed by atoms with Crippen molar-refractivity contribution in [2.45, 2.75) is 32.7 Å². The summed E-state index contributed by atoms with van der Waals surface area (Å²) < 4.78 is 5.10. The Morgan fingerprint density at radius 3 is 2.88 bits per heavy atom. The van der Waals surface area contributed by atoms with Crippen LogP contribution in [0.5, 0.6) is 0 Å². The molecule has 1 rings (SSSR count). The van der Waals surface area contributed by atoms with Crippen molar-refractivity contribution in [2.75, 3.05) is 33.4 Å². The first kappa shape index (κ1) is 13.5. The molecule has 94 valence electrons. The number of methoxy groups -OCH3 is 1. The minimum Gasteiger partial charge on any atom is -0.383 e. The van der Waals surface area contributed by atoms with Gasteiger partial charge in [-0.25, -0.2) is 0 Å². The van der Waals surface area contributed by atoms with Gasteiger partial charge in [0.1, 0.15) is 0 Å². The van der Waals surface area contributed by atoms with Gasteiger partial charge in [-0.15, -0.1) is 0 Å². The second kappa shape index (κ2) is 6.86. The molecule has 0 saturated carbocycles. The van der Waals surface area contributed by atoms with Crippen LogP contribution in [0.25, 0.3) is 0 Å². The normalized spacial score (nSPS) is 22.1. The summed E-state index contributed by atoms with van der Waals surface area (Å²) in [7, 11) is 1.68. The van der Waals surface area contributed by atoms with Gasteiger partial charge in [0.25, 0.3) is 0 Å². The van der Waals surface area contributed by atoms with Crippen molar-refractivity contribution in [3.63, 3.8) is 0 Å². The number of rotatable bonds is 6. The third-order valence-corrected chi connectivity index (χ3v) is 3.23. The quantitative estimate of drug-likeness (QED) is 0.733. The Morgan fingerprint density at radius 2 is 2.38 bits per heavy atom. The van der Waals surface area contributed by atoms with E-state index in [-0.39, 0.29) is 11.9 Å². The van der Waals surface area contributed by atoms with Gasteiger partial charge in [0.15, 0.2) is 0 Å². The SMILES string of the molecule is CCN(C(=O)CC1CCNC1)C(C)COC. The lowest BCUT2D eigenvalue weighted by Crippen LogP contribution is -2.41. The second-order valence-corrected chi connectivity index (χ2v) is 4.55. The highest BCUT2D eigenvalue weighted by Crippen LogP contribution is 2.15. The zero-order valence-electron chi connectivity index (χ0n) is 10.7. The summed E-state index contributed by atoms with van der Waals surface area (Å²) in [6.07, 6.45) is 1.80. The molecule has 2 unspecified atom stereocenters. The lowest BCUT2D eigenvalue weighted by atomic mass is 10.0. The lowest BCUT2D eigenvalue weighted by Gasteiger charge is -2.28. The first-order valence-corrected chi connectivity index (χ1v) is 6.18. The molecule has 16 heavy (non-hydrogen) atoms. The van der Waals surface area contributed by atoms with Crippen LogP contribution >= 0.6 is 0 Å². The van der Waals surface area contributed by atoms with Crippen LogP contribution in [0.1, 0.15) is 26.7 Å². The van der Waals surface area contributed by atoms with Crippen LogP contribution in [0.15, 0.2) is 0 Å². The van der Waals surface area contributed by atoms with Crippen LogP contribution in [0.2, 0.25) is 0 Å². The first-order chi connectivity index (χ1) is 7.69. The number of likely N-dealkylation sites (N-methyl/N-ethyl adjacent to an activating group) is 1. The molecule has 0 spiro atoms. The van der Waals surface area contributed by atoms with E-state index in [1.165, 1.54) is 0 Å². The van der Waals surface area contributed by atoms with E-state index in [9.17, 15) is 4.79 Å². The molecular formula is C12H24N2O2. The third kappa shape index (κ3) is 3.76. The maximum absolute atomic E-state index is 12.1. The van der Waals surface area contributed by atoms with Crippen LogP contribution in [-0.4, -0.2) is 50.2 Å². The lowest BCUT2D eigenvalue weighted by molar-refractivity contribution is -0.134. The number of nitrogens with one attached hydrogen (secondary N) is 1. The number of nitrogens with zero attached hydrogens (tertiary/aromatic N) is 1. The van der Waals surface area contributed by atoms with Crippen molar-refractivity contribution in [2.24, 2.45) is 5.92 Å². The Hall–Kier alpha value is -0.610. The van der Waals surface area contributed by atoms with Crippen molar-refractivity contribution >= 4 is 5.91 Å². The summed E-state index contributed by atoms with van der Waals surface area (Å²) in [5, 5.41) is 3.29. The van der Waals surface area contributed by atoms with E-state index in [0.717, 1.165) is 26.1 Å². The largest absolute Gasteiger partial charge is 0.383 e. The molecule has 4 nitrogen and oxygen atoms in total. The molecule has 1 aliphatic heterocycles. The second-order valence-electron chi connectivity index (χ2n) is 4.55. The van der Waals surface area contributed by atoms with E-state index in [2.05, 4.69) is 5.32 Å². The molecule has 1 N–H and O–H groups in total. The summed E-state index contributed by atoms with van der Waals surface area (Å²) in [4.78, 5) is 14.0. The minimum atomic E-state index is 0.178. The third-order valence-electron chi connectivity index (χ3n) is 3.23. The Balaban J connectivity index is 2.41. The van der Waals surface area contributed by atoms with Gasteiger partial charge in [-0.2, -0.15) is 0 Å². The van der Waals surface area contributed by atoms with Crippen LogP contribution < -0.4 is 5.32 Å². The Kier molecular flexibility index (Phi) is 5.77. The van der Waals surface area contributed by atoms with Crippen LogP contribution in [0.4, 0.5) is 0 Å². The van der Waals surface area contributed by atoms with Gasteiger partial charge < -0.3 is 15.0 Å². The molecule has 0 aliphatic carbocycles. The maximum Gasteiger partial charge on any atom is 0.223 e.